The smallest absolute Gasteiger partial charge is 0.264 e. The Hall–Kier alpha value is -3.98. The molecular formula is C24H22N4O4S. The predicted octanol–water partition coefficient (Wildman–Crippen LogP) is 4.31. The standard InChI is InChI=1S/C24H22N4O4S/c1-15-12-16(2)26-24(25-15)28-33(30,31)20-10-8-19(9-11-20)27-23(29)21-13-17-6-4-5-7-18(17)14-22(21)32-3/h4-14H,1-3H3,(H,27,29)(H,25,26,28). The van der Waals surface area contributed by atoms with Crippen LogP contribution in [-0.2, 0) is 10.0 Å². The van der Waals surface area contributed by atoms with E-state index in [4.69, 9.17) is 4.74 Å². The maximum atomic E-state index is 12.9. The van der Waals surface area contributed by atoms with Crippen LogP contribution in [0.1, 0.15) is 21.7 Å². The molecule has 0 radical (unpaired) electrons. The molecule has 1 heterocycles. The van der Waals surface area contributed by atoms with E-state index in [0.717, 1.165) is 10.8 Å². The third kappa shape index (κ3) is 4.93. The summed E-state index contributed by atoms with van der Waals surface area (Å²) >= 11 is 0. The number of ether oxygens (including phenoxy) is 1. The first-order valence-electron chi connectivity index (χ1n) is 10.1. The fourth-order valence-electron chi connectivity index (χ4n) is 3.43. The van der Waals surface area contributed by atoms with Crippen molar-refractivity contribution < 1.29 is 17.9 Å². The van der Waals surface area contributed by atoms with Crippen molar-refractivity contribution in [2.45, 2.75) is 18.7 Å². The molecular weight excluding hydrogens is 440 g/mol. The van der Waals surface area contributed by atoms with Crippen molar-refractivity contribution in [3.63, 3.8) is 0 Å². The zero-order valence-corrected chi connectivity index (χ0v) is 19.1. The molecule has 2 N–H and O–H groups in total. The SMILES string of the molecule is COc1cc2ccccc2cc1C(=O)Nc1ccc(S(=O)(=O)Nc2nc(C)cc(C)n2)cc1. The Bertz CT molecular complexity index is 1430. The predicted molar refractivity (Wildman–Crippen MR) is 127 cm³/mol. The van der Waals surface area contributed by atoms with Crippen molar-refractivity contribution in [2.24, 2.45) is 0 Å². The highest BCUT2D eigenvalue weighted by atomic mass is 32.2. The number of rotatable bonds is 6. The Balaban J connectivity index is 1.54. The van der Waals surface area contributed by atoms with Crippen molar-refractivity contribution in [1.82, 2.24) is 9.97 Å². The van der Waals surface area contributed by atoms with E-state index in [9.17, 15) is 13.2 Å². The van der Waals surface area contributed by atoms with Gasteiger partial charge in [0.25, 0.3) is 15.9 Å². The van der Waals surface area contributed by atoms with Crippen molar-refractivity contribution in [3.8, 4) is 5.75 Å². The quantitative estimate of drug-likeness (QED) is 0.442. The third-order valence-electron chi connectivity index (χ3n) is 4.94. The number of benzene rings is 3. The summed E-state index contributed by atoms with van der Waals surface area (Å²) in [7, 11) is -2.38. The van der Waals surface area contributed by atoms with Gasteiger partial charge >= 0.3 is 0 Å². The first kappa shape index (κ1) is 22.2. The van der Waals surface area contributed by atoms with E-state index in [-0.39, 0.29) is 16.8 Å². The van der Waals surface area contributed by atoms with Crippen LogP contribution in [0, 0.1) is 13.8 Å². The number of carbonyl (C=O) groups excluding carboxylic acids is 1. The molecule has 0 saturated carbocycles. The number of anilines is 2. The Morgan fingerprint density at radius 3 is 2.09 bits per heavy atom. The van der Waals surface area contributed by atoms with E-state index in [0.29, 0.717) is 28.4 Å². The number of nitrogens with one attached hydrogen (secondary N) is 2. The van der Waals surface area contributed by atoms with Gasteiger partial charge in [0.1, 0.15) is 5.75 Å². The number of nitrogens with zero attached hydrogens (tertiary/aromatic N) is 2. The summed E-state index contributed by atoms with van der Waals surface area (Å²) in [6.07, 6.45) is 0. The summed E-state index contributed by atoms with van der Waals surface area (Å²) < 4.78 is 33.2. The summed E-state index contributed by atoms with van der Waals surface area (Å²) in [6, 6.07) is 18.8. The van der Waals surface area contributed by atoms with E-state index in [2.05, 4.69) is 20.0 Å². The zero-order valence-electron chi connectivity index (χ0n) is 18.3. The van der Waals surface area contributed by atoms with Crippen molar-refractivity contribution in [1.29, 1.82) is 0 Å². The van der Waals surface area contributed by atoms with Crippen LogP contribution < -0.4 is 14.8 Å². The van der Waals surface area contributed by atoms with Crippen LogP contribution >= 0.6 is 0 Å². The second-order valence-electron chi connectivity index (χ2n) is 7.46. The number of carbonyl (C=O) groups is 1. The Kier molecular flexibility index (Phi) is 5.97. The van der Waals surface area contributed by atoms with E-state index in [1.807, 2.05) is 24.3 Å². The van der Waals surface area contributed by atoms with Gasteiger partial charge in [0.2, 0.25) is 5.95 Å². The van der Waals surface area contributed by atoms with Crippen LogP contribution in [0.15, 0.2) is 71.6 Å². The van der Waals surface area contributed by atoms with Gasteiger partial charge in [0.15, 0.2) is 0 Å². The molecule has 0 spiro atoms. The molecule has 168 valence electrons. The van der Waals surface area contributed by atoms with Crippen molar-refractivity contribution >= 4 is 38.3 Å². The zero-order chi connectivity index (χ0) is 23.6. The Labute approximate surface area is 191 Å². The number of amides is 1. The minimum atomic E-state index is -3.89. The molecule has 0 atom stereocenters. The number of aryl methyl sites for hydroxylation is 2. The lowest BCUT2D eigenvalue weighted by atomic mass is 10.1. The number of hydrogen-bond donors (Lipinski definition) is 2. The molecule has 4 rings (SSSR count). The van der Waals surface area contributed by atoms with Gasteiger partial charge in [0.05, 0.1) is 17.6 Å². The third-order valence-corrected chi connectivity index (χ3v) is 6.29. The fraction of sp³-hybridized carbons (Fsp3) is 0.125. The van der Waals surface area contributed by atoms with Gasteiger partial charge in [-0.15, -0.1) is 0 Å². The first-order valence-corrected chi connectivity index (χ1v) is 11.6. The summed E-state index contributed by atoms with van der Waals surface area (Å²) in [4.78, 5) is 21.1. The molecule has 8 nitrogen and oxygen atoms in total. The molecule has 3 aromatic carbocycles. The lowest BCUT2D eigenvalue weighted by Gasteiger charge is -2.12. The summed E-state index contributed by atoms with van der Waals surface area (Å²) in [5.41, 5.74) is 2.13. The normalized spacial score (nSPS) is 11.2. The average molecular weight is 463 g/mol. The molecule has 4 aromatic rings. The molecule has 0 bridgehead atoms. The Morgan fingerprint density at radius 1 is 0.879 bits per heavy atom. The van der Waals surface area contributed by atoms with Crippen molar-refractivity contribution in [3.05, 3.63) is 83.7 Å². The molecule has 1 aromatic heterocycles. The van der Waals surface area contributed by atoms with Gasteiger partial charge in [-0.2, -0.15) is 0 Å². The van der Waals surface area contributed by atoms with Crippen LogP contribution in [0.2, 0.25) is 0 Å². The molecule has 33 heavy (non-hydrogen) atoms. The molecule has 0 unspecified atom stereocenters. The molecule has 0 aliphatic rings. The van der Waals surface area contributed by atoms with Gasteiger partial charge in [-0.1, -0.05) is 24.3 Å². The van der Waals surface area contributed by atoms with Gasteiger partial charge in [0, 0.05) is 17.1 Å². The molecule has 0 saturated heterocycles. The van der Waals surface area contributed by atoms with Gasteiger partial charge in [-0.05, 0) is 67.1 Å². The molecule has 1 amide bonds. The number of aromatic nitrogens is 2. The topological polar surface area (TPSA) is 110 Å². The van der Waals surface area contributed by atoms with E-state index in [1.54, 1.807) is 32.0 Å². The van der Waals surface area contributed by atoms with Gasteiger partial charge < -0.3 is 10.1 Å². The lowest BCUT2D eigenvalue weighted by molar-refractivity contribution is 0.102. The number of fused-ring (bicyclic) bond motifs is 1. The summed E-state index contributed by atoms with van der Waals surface area (Å²) in [5.74, 6) is 0.0892. The van der Waals surface area contributed by atoms with Crippen LogP contribution in [0.4, 0.5) is 11.6 Å². The minimum Gasteiger partial charge on any atom is -0.496 e. The Morgan fingerprint density at radius 2 is 1.48 bits per heavy atom. The first-order chi connectivity index (χ1) is 15.7. The highest BCUT2D eigenvalue weighted by Crippen LogP contribution is 2.27. The second-order valence-corrected chi connectivity index (χ2v) is 9.14. The van der Waals surface area contributed by atoms with Gasteiger partial charge in [-0.25, -0.2) is 23.1 Å². The largest absolute Gasteiger partial charge is 0.496 e. The van der Waals surface area contributed by atoms with Crippen molar-refractivity contribution in [2.75, 3.05) is 17.1 Å². The fourth-order valence-corrected chi connectivity index (χ4v) is 4.38. The maximum absolute atomic E-state index is 12.9. The van der Waals surface area contributed by atoms with E-state index >= 15 is 0 Å². The molecule has 0 aliphatic heterocycles. The number of hydrogen-bond acceptors (Lipinski definition) is 6. The summed E-state index contributed by atoms with van der Waals surface area (Å²) in [5, 5.41) is 4.65. The second kappa shape index (κ2) is 8.87. The molecule has 0 fully saturated rings. The van der Waals surface area contributed by atoms with E-state index in [1.165, 1.54) is 31.4 Å². The highest BCUT2D eigenvalue weighted by molar-refractivity contribution is 7.92. The highest BCUT2D eigenvalue weighted by Gasteiger charge is 2.18. The van der Waals surface area contributed by atoms with Crippen LogP contribution in [-0.4, -0.2) is 31.4 Å². The monoisotopic (exact) mass is 462 g/mol. The number of sulfonamides is 1. The summed E-state index contributed by atoms with van der Waals surface area (Å²) in [6.45, 7) is 3.52. The number of methoxy groups -OCH3 is 1. The molecule has 9 heteroatoms. The molecule has 0 aliphatic carbocycles. The van der Waals surface area contributed by atoms with Crippen LogP contribution in [0.25, 0.3) is 10.8 Å². The average Bonchev–Trinajstić information content (AvgIpc) is 2.77. The van der Waals surface area contributed by atoms with Crippen LogP contribution in [0.5, 0.6) is 5.75 Å². The van der Waals surface area contributed by atoms with E-state index < -0.39 is 10.0 Å². The lowest BCUT2D eigenvalue weighted by Crippen LogP contribution is -2.16. The van der Waals surface area contributed by atoms with Gasteiger partial charge in [-0.3, -0.25) is 4.79 Å². The van der Waals surface area contributed by atoms with Crippen LogP contribution in [0.3, 0.4) is 0 Å². The minimum absolute atomic E-state index is 0.00767. The maximum Gasteiger partial charge on any atom is 0.264 e.